The topological polar surface area (TPSA) is 73.1 Å². The number of hydrogen-bond donors (Lipinski definition) is 1. The Morgan fingerprint density at radius 2 is 1.93 bits per heavy atom. The van der Waals surface area contributed by atoms with Crippen molar-refractivity contribution in [3.63, 3.8) is 0 Å². The van der Waals surface area contributed by atoms with Gasteiger partial charge < -0.3 is 13.9 Å². The Hall–Kier alpha value is -2.58. The summed E-state index contributed by atoms with van der Waals surface area (Å²) in [4.78, 5) is 11.9. The van der Waals surface area contributed by atoms with E-state index in [1.54, 1.807) is 31.4 Å². The number of carbonyl (C=O) groups excluding carboxylic acids is 1. The highest BCUT2D eigenvalue weighted by Gasteiger charge is 2.07. The monoisotopic (exact) mass is 506 g/mol. The van der Waals surface area contributed by atoms with Crippen molar-refractivity contribution in [3.05, 3.63) is 69.3 Å². The second-order valence-corrected chi connectivity index (χ2v) is 7.36. The highest BCUT2D eigenvalue weighted by Crippen LogP contribution is 2.29. The third kappa shape index (κ3) is 5.46. The fraction of sp³-hybridized carbons (Fsp3) is 0.100. The number of ether oxygens (including phenoxy) is 2. The zero-order chi connectivity index (χ0) is 19.9. The minimum Gasteiger partial charge on any atom is -0.497 e. The minimum atomic E-state index is -0.390. The van der Waals surface area contributed by atoms with Gasteiger partial charge in [-0.1, -0.05) is 28.1 Å². The predicted octanol–water partition coefficient (Wildman–Crippen LogP) is 5.01. The van der Waals surface area contributed by atoms with Crippen LogP contribution < -0.4 is 14.9 Å². The molecule has 1 N–H and O–H groups in total. The molecule has 2 aromatic carbocycles. The van der Waals surface area contributed by atoms with E-state index in [2.05, 4.69) is 42.4 Å². The Morgan fingerprint density at radius 3 is 2.64 bits per heavy atom. The lowest BCUT2D eigenvalue weighted by molar-refractivity contribution is -0.123. The second kappa shape index (κ2) is 9.57. The van der Waals surface area contributed by atoms with E-state index < -0.39 is 5.91 Å². The normalized spacial score (nSPS) is 10.8. The molecule has 3 rings (SSSR count). The summed E-state index contributed by atoms with van der Waals surface area (Å²) in [5.74, 6) is 2.07. The lowest BCUT2D eigenvalue weighted by atomic mass is 10.2. The highest BCUT2D eigenvalue weighted by atomic mass is 79.9. The lowest BCUT2D eigenvalue weighted by Gasteiger charge is -2.08. The van der Waals surface area contributed by atoms with Crippen LogP contribution in [0.1, 0.15) is 5.76 Å². The van der Waals surface area contributed by atoms with Crippen molar-refractivity contribution in [1.82, 2.24) is 5.43 Å². The quantitative estimate of drug-likeness (QED) is 0.360. The summed E-state index contributed by atoms with van der Waals surface area (Å²) < 4.78 is 18.0. The molecule has 6 nitrogen and oxygen atoms in total. The molecular formula is C20H16Br2N2O4. The van der Waals surface area contributed by atoms with Crippen LogP contribution in [0.5, 0.6) is 11.5 Å². The fourth-order valence-corrected chi connectivity index (χ4v) is 3.00. The van der Waals surface area contributed by atoms with Gasteiger partial charge in [0.2, 0.25) is 0 Å². The Bertz CT molecular complexity index is 984. The molecule has 0 unspecified atom stereocenters. The maximum Gasteiger partial charge on any atom is 0.277 e. The highest BCUT2D eigenvalue weighted by molar-refractivity contribution is 9.10. The minimum absolute atomic E-state index is 0.176. The number of benzene rings is 2. The molecule has 0 aliphatic heterocycles. The van der Waals surface area contributed by atoms with Crippen molar-refractivity contribution in [3.8, 4) is 22.8 Å². The second-order valence-electron chi connectivity index (χ2n) is 5.59. The average Bonchev–Trinajstić information content (AvgIpc) is 3.16. The summed E-state index contributed by atoms with van der Waals surface area (Å²) in [6.07, 6.45) is 1.43. The van der Waals surface area contributed by atoms with Gasteiger partial charge in [0.1, 0.15) is 23.0 Å². The molecule has 1 aromatic heterocycles. The lowest BCUT2D eigenvalue weighted by Crippen LogP contribution is -2.24. The summed E-state index contributed by atoms with van der Waals surface area (Å²) in [6, 6.07) is 16.6. The van der Waals surface area contributed by atoms with Crippen LogP contribution in [0.15, 0.2) is 73.1 Å². The van der Waals surface area contributed by atoms with Gasteiger partial charge in [-0.2, -0.15) is 5.10 Å². The summed E-state index contributed by atoms with van der Waals surface area (Å²) in [5, 5.41) is 3.89. The average molecular weight is 508 g/mol. The smallest absolute Gasteiger partial charge is 0.277 e. The van der Waals surface area contributed by atoms with Gasteiger partial charge in [-0.25, -0.2) is 5.43 Å². The number of amides is 1. The Morgan fingerprint density at radius 1 is 1.14 bits per heavy atom. The van der Waals surface area contributed by atoms with Gasteiger partial charge in [0.05, 0.1) is 17.8 Å². The SMILES string of the molecule is COc1ccc(OCC(=O)N/N=C/c2ccc(-c3ccc(Br)cc3)o2)c(Br)c1. The molecule has 0 saturated heterocycles. The predicted molar refractivity (Wildman–Crippen MR) is 114 cm³/mol. The maximum absolute atomic E-state index is 11.9. The molecule has 0 atom stereocenters. The third-order valence-electron chi connectivity index (χ3n) is 3.63. The molecule has 0 bridgehead atoms. The molecule has 144 valence electrons. The van der Waals surface area contributed by atoms with Crippen molar-refractivity contribution in [2.45, 2.75) is 0 Å². The number of furan rings is 1. The van der Waals surface area contributed by atoms with E-state index in [4.69, 9.17) is 13.9 Å². The molecule has 0 fully saturated rings. The number of halogens is 2. The zero-order valence-corrected chi connectivity index (χ0v) is 18.0. The molecule has 0 radical (unpaired) electrons. The standard InChI is InChI=1S/C20H16Br2N2O4/c1-26-15-6-9-19(17(22)10-15)27-12-20(25)24-23-11-16-7-8-18(28-16)13-2-4-14(21)5-3-13/h2-11H,12H2,1H3,(H,24,25)/b23-11+. The van der Waals surface area contributed by atoms with Crippen molar-refractivity contribution >= 4 is 44.0 Å². The molecule has 0 aliphatic carbocycles. The molecule has 1 heterocycles. The van der Waals surface area contributed by atoms with E-state index in [0.29, 0.717) is 27.5 Å². The number of carbonyl (C=O) groups is 1. The summed E-state index contributed by atoms with van der Waals surface area (Å²) in [5.41, 5.74) is 3.35. The van der Waals surface area contributed by atoms with E-state index in [1.807, 2.05) is 30.3 Å². The largest absolute Gasteiger partial charge is 0.497 e. The molecule has 0 saturated carbocycles. The van der Waals surface area contributed by atoms with Crippen LogP contribution in [0.4, 0.5) is 0 Å². The van der Waals surface area contributed by atoms with E-state index in [0.717, 1.165) is 10.0 Å². The van der Waals surface area contributed by atoms with Gasteiger partial charge in [0, 0.05) is 10.0 Å². The first-order valence-corrected chi connectivity index (χ1v) is 9.78. The Kier molecular flexibility index (Phi) is 6.89. The van der Waals surface area contributed by atoms with Crippen LogP contribution >= 0.6 is 31.9 Å². The number of rotatable bonds is 7. The van der Waals surface area contributed by atoms with Crippen LogP contribution in [-0.2, 0) is 4.79 Å². The van der Waals surface area contributed by atoms with Crippen LogP contribution in [0.25, 0.3) is 11.3 Å². The number of nitrogens with zero attached hydrogens (tertiary/aromatic N) is 1. The first kappa shape index (κ1) is 20.2. The van der Waals surface area contributed by atoms with Crippen molar-refractivity contribution in [2.24, 2.45) is 5.10 Å². The molecule has 3 aromatic rings. The van der Waals surface area contributed by atoms with E-state index in [1.165, 1.54) is 6.21 Å². The Balaban J connectivity index is 1.50. The third-order valence-corrected chi connectivity index (χ3v) is 4.78. The van der Waals surface area contributed by atoms with E-state index in [-0.39, 0.29) is 6.61 Å². The van der Waals surface area contributed by atoms with Crippen molar-refractivity contribution in [2.75, 3.05) is 13.7 Å². The van der Waals surface area contributed by atoms with Crippen LogP contribution in [-0.4, -0.2) is 25.8 Å². The summed E-state index contributed by atoms with van der Waals surface area (Å²) >= 11 is 6.76. The van der Waals surface area contributed by atoms with Crippen molar-refractivity contribution < 1.29 is 18.7 Å². The van der Waals surface area contributed by atoms with E-state index in [9.17, 15) is 4.79 Å². The first-order valence-electron chi connectivity index (χ1n) is 8.19. The summed E-state index contributed by atoms with van der Waals surface area (Å²) in [6.45, 7) is -0.176. The number of methoxy groups -OCH3 is 1. The number of hydrazone groups is 1. The van der Waals surface area contributed by atoms with Gasteiger partial charge in [0.25, 0.3) is 5.91 Å². The van der Waals surface area contributed by atoms with Gasteiger partial charge in [-0.15, -0.1) is 0 Å². The van der Waals surface area contributed by atoms with Crippen LogP contribution in [0, 0.1) is 0 Å². The zero-order valence-electron chi connectivity index (χ0n) is 14.8. The molecular weight excluding hydrogens is 492 g/mol. The van der Waals surface area contributed by atoms with Crippen LogP contribution in [0.2, 0.25) is 0 Å². The number of hydrogen-bond acceptors (Lipinski definition) is 5. The maximum atomic E-state index is 11.9. The molecule has 1 amide bonds. The summed E-state index contributed by atoms with van der Waals surface area (Å²) in [7, 11) is 1.58. The van der Waals surface area contributed by atoms with Gasteiger partial charge in [0.15, 0.2) is 6.61 Å². The van der Waals surface area contributed by atoms with Crippen molar-refractivity contribution in [1.29, 1.82) is 0 Å². The van der Waals surface area contributed by atoms with E-state index >= 15 is 0 Å². The molecule has 0 aliphatic rings. The van der Waals surface area contributed by atoms with Gasteiger partial charge >= 0.3 is 0 Å². The molecule has 8 heteroatoms. The van der Waals surface area contributed by atoms with Gasteiger partial charge in [-0.05, 0) is 58.4 Å². The number of nitrogens with one attached hydrogen (secondary N) is 1. The van der Waals surface area contributed by atoms with Crippen LogP contribution in [0.3, 0.4) is 0 Å². The molecule has 28 heavy (non-hydrogen) atoms. The van der Waals surface area contributed by atoms with Gasteiger partial charge in [-0.3, -0.25) is 4.79 Å². The fourth-order valence-electron chi connectivity index (χ4n) is 2.26. The Labute approximate surface area is 178 Å². The first-order chi connectivity index (χ1) is 13.5. The molecule has 0 spiro atoms.